The Kier molecular flexibility index (Phi) is 7.39. The van der Waals surface area contributed by atoms with Crippen LogP contribution in [0.5, 0.6) is 0 Å². The Hall–Kier alpha value is -2.01. The fourth-order valence-electron chi connectivity index (χ4n) is 7.87. The molecule has 0 radical (unpaired) electrons. The minimum absolute atomic E-state index is 0.205. The molecule has 0 aliphatic heterocycles. The van der Waals surface area contributed by atoms with Crippen molar-refractivity contribution in [2.24, 2.45) is 23.2 Å². The molecule has 1 aromatic rings. The molecule has 4 saturated carbocycles. The summed E-state index contributed by atoms with van der Waals surface area (Å²) < 4.78 is 0. The van der Waals surface area contributed by atoms with Crippen molar-refractivity contribution in [1.29, 1.82) is 0 Å². The van der Waals surface area contributed by atoms with Gasteiger partial charge in [0.15, 0.2) is 0 Å². The highest BCUT2D eigenvalue weighted by molar-refractivity contribution is 5.39. The van der Waals surface area contributed by atoms with Crippen LogP contribution in [-0.2, 0) is 5.41 Å². The summed E-state index contributed by atoms with van der Waals surface area (Å²) in [6, 6.07) is 6.13. The van der Waals surface area contributed by atoms with Crippen LogP contribution in [0, 0.1) is 30.1 Å². The second kappa shape index (κ2) is 10.3. The molecule has 1 heterocycles. The third-order valence-electron chi connectivity index (χ3n) is 10.3. The Labute approximate surface area is 222 Å². The summed E-state index contributed by atoms with van der Waals surface area (Å²) in [6.45, 7) is 10.9. The quantitative estimate of drug-likeness (QED) is 0.409. The van der Waals surface area contributed by atoms with Gasteiger partial charge in [0.25, 0.3) is 0 Å². The van der Waals surface area contributed by atoms with Crippen molar-refractivity contribution in [3.8, 4) is 0 Å². The van der Waals surface area contributed by atoms with Crippen molar-refractivity contribution >= 4 is 0 Å². The van der Waals surface area contributed by atoms with E-state index >= 15 is 0 Å². The van der Waals surface area contributed by atoms with Crippen LogP contribution in [0.1, 0.15) is 83.0 Å². The summed E-state index contributed by atoms with van der Waals surface area (Å²) in [5.41, 5.74) is 5.36. The molecule has 1 aromatic heterocycles. The molecule has 37 heavy (non-hydrogen) atoms. The first-order valence-corrected chi connectivity index (χ1v) is 14.4. The Balaban J connectivity index is 1.29. The molecule has 4 fully saturated rings. The van der Waals surface area contributed by atoms with E-state index in [4.69, 9.17) is 4.98 Å². The maximum Gasteiger partial charge on any atom is 0.0832 e. The van der Waals surface area contributed by atoms with Gasteiger partial charge in [-0.2, -0.15) is 0 Å². The van der Waals surface area contributed by atoms with E-state index in [0.29, 0.717) is 30.6 Å². The van der Waals surface area contributed by atoms with Crippen molar-refractivity contribution < 1.29 is 15.3 Å². The highest BCUT2D eigenvalue weighted by Crippen LogP contribution is 2.59. The summed E-state index contributed by atoms with van der Waals surface area (Å²) in [5, 5.41) is 31.5. The first-order chi connectivity index (χ1) is 17.6. The Morgan fingerprint density at radius 1 is 1.11 bits per heavy atom. The SMILES string of the molecule is C=C1C(=CC=C2CCC[C@]3(C)[C@@H]([C@H](C)C=C[C@@H](O)C4(c5cccc(C)n5)CC4)CC[C@@H]23)C[C@@H](O)C[C@@H]1O. The van der Waals surface area contributed by atoms with Gasteiger partial charge in [-0.05, 0) is 105 Å². The molecular weight excluding hydrogens is 458 g/mol. The molecule has 0 unspecified atom stereocenters. The van der Waals surface area contributed by atoms with E-state index < -0.39 is 18.3 Å². The topological polar surface area (TPSA) is 73.6 Å². The predicted molar refractivity (Wildman–Crippen MR) is 149 cm³/mol. The molecular formula is C33H45NO3. The molecule has 0 saturated heterocycles. The molecule has 4 aliphatic carbocycles. The van der Waals surface area contributed by atoms with Gasteiger partial charge in [-0.1, -0.05) is 56.4 Å². The molecule has 4 nitrogen and oxygen atoms in total. The highest BCUT2D eigenvalue weighted by atomic mass is 16.3. The summed E-state index contributed by atoms with van der Waals surface area (Å²) in [6.07, 6.45) is 16.1. The van der Waals surface area contributed by atoms with E-state index in [1.165, 1.54) is 31.3 Å². The summed E-state index contributed by atoms with van der Waals surface area (Å²) in [7, 11) is 0. The van der Waals surface area contributed by atoms with Crippen molar-refractivity contribution in [2.75, 3.05) is 0 Å². The van der Waals surface area contributed by atoms with E-state index in [1.807, 2.05) is 13.0 Å². The maximum atomic E-state index is 11.2. The zero-order valence-corrected chi connectivity index (χ0v) is 22.9. The lowest BCUT2D eigenvalue weighted by atomic mass is 9.61. The zero-order chi connectivity index (χ0) is 26.4. The van der Waals surface area contributed by atoms with Gasteiger partial charge in [0, 0.05) is 23.2 Å². The molecule has 7 atom stereocenters. The lowest BCUT2D eigenvalue weighted by Gasteiger charge is -2.44. The monoisotopic (exact) mass is 503 g/mol. The molecule has 200 valence electrons. The van der Waals surface area contributed by atoms with E-state index in [0.717, 1.165) is 41.8 Å². The number of aliphatic hydroxyl groups is 3. The Morgan fingerprint density at radius 2 is 1.89 bits per heavy atom. The van der Waals surface area contributed by atoms with Crippen LogP contribution >= 0.6 is 0 Å². The first-order valence-electron chi connectivity index (χ1n) is 14.4. The average molecular weight is 504 g/mol. The van der Waals surface area contributed by atoms with E-state index in [1.54, 1.807) is 0 Å². The highest BCUT2D eigenvalue weighted by Gasteiger charge is 2.52. The van der Waals surface area contributed by atoms with Crippen LogP contribution in [0.4, 0.5) is 0 Å². The average Bonchev–Trinajstić information content (AvgIpc) is 3.60. The minimum atomic E-state index is -0.639. The van der Waals surface area contributed by atoms with Crippen LogP contribution in [0.2, 0.25) is 0 Å². The fourth-order valence-corrected chi connectivity index (χ4v) is 7.87. The first kappa shape index (κ1) is 26.6. The molecule has 0 amide bonds. The van der Waals surface area contributed by atoms with Gasteiger partial charge in [-0.3, -0.25) is 4.98 Å². The lowest BCUT2D eigenvalue weighted by Crippen LogP contribution is -2.35. The number of aryl methyl sites for hydroxylation is 1. The number of nitrogens with zero attached hydrogens (tertiary/aromatic N) is 1. The van der Waals surface area contributed by atoms with Gasteiger partial charge in [0.1, 0.15) is 0 Å². The number of hydrogen-bond donors (Lipinski definition) is 3. The van der Waals surface area contributed by atoms with Gasteiger partial charge in [0.2, 0.25) is 0 Å². The number of aliphatic hydroxyl groups excluding tert-OH is 3. The standard InChI is InChI=1S/C33H45NO3/c1-21(10-15-31(37)33(17-18-33)30-9-5-7-22(2)34-30)27-13-14-28-24(8-6-16-32(27,28)4)11-12-25-19-26(35)20-29(36)23(25)3/h5,7,9-12,15,21,26-29,31,35-37H,3,6,8,13-14,16-20H2,1-2,4H3/t21-,26-,27-,28+,29+,31-,32-/m1/s1. The molecule has 0 spiro atoms. The zero-order valence-electron chi connectivity index (χ0n) is 22.9. The van der Waals surface area contributed by atoms with E-state index in [-0.39, 0.29) is 10.8 Å². The molecule has 5 rings (SSSR count). The molecule has 4 heteroatoms. The third-order valence-corrected chi connectivity index (χ3v) is 10.3. The van der Waals surface area contributed by atoms with Crippen LogP contribution in [0.15, 0.2) is 65.8 Å². The summed E-state index contributed by atoms with van der Waals surface area (Å²) in [4.78, 5) is 4.73. The van der Waals surface area contributed by atoms with Crippen LogP contribution in [0.3, 0.4) is 0 Å². The Bertz CT molecular complexity index is 1110. The largest absolute Gasteiger partial charge is 0.393 e. The molecule has 0 bridgehead atoms. The van der Waals surface area contributed by atoms with Gasteiger partial charge in [0.05, 0.1) is 18.3 Å². The van der Waals surface area contributed by atoms with E-state index in [9.17, 15) is 15.3 Å². The molecule has 3 N–H and O–H groups in total. The van der Waals surface area contributed by atoms with E-state index in [2.05, 4.69) is 56.9 Å². The normalized spacial score (nSPS) is 37.2. The van der Waals surface area contributed by atoms with Gasteiger partial charge >= 0.3 is 0 Å². The number of rotatable bonds is 6. The number of pyridine rings is 1. The molecule has 0 aromatic carbocycles. The van der Waals surface area contributed by atoms with Crippen LogP contribution < -0.4 is 0 Å². The smallest absolute Gasteiger partial charge is 0.0832 e. The lowest BCUT2D eigenvalue weighted by molar-refractivity contribution is 0.0862. The minimum Gasteiger partial charge on any atom is -0.393 e. The maximum absolute atomic E-state index is 11.2. The van der Waals surface area contributed by atoms with Crippen LogP contribution in [0.25, 0.3) is 0 Å². The summed E-state index contributed by atoms with van der Waals surface area (Å²) >= 11 is 0. The fraction of sp³-hybridized carbons (Fsp3) is 0.606. The number of allylic oxidation sites excluding steroid dienone is 4. The Morgan fingerprint density at radius 3 is 2.62 bits per heavy atom. The van der Waals surface area contributed by atoms with Crippen molar-refractivity contribution in [2.45, 2.75) is 102 Å². The third kappa shape index (κ3) is 5.05. The molecule has 4 aliphatic rings. The van der Waals surface area contributed by atoms with Gasteiger partial charge < -0.3 is 15.3 Å². The second-order valence-electron chi connectivity index (χ2n) is 12.7. The van der Waals surface area contributed by atoms with Crippen LogP contribution in [-0.4, -0.2) is 38.6 Å². The predicted octanol–water partition coefficient (Wildman–Crippen LogP) is 6.12. The summed E-state index contributed by atoms with van der Waals surface area (Å²) in [5.74, 6) is 1.58. The number of aromatic nitrogens is 1. The number of hydrogen-bond acceptors (Lipinski definition) is 4. The van der Waals surface area contributed by atoms with Crippen molar-refractivity contribution in [3.05, 3.63) is 77.2 Å². The van der Waals surface area contributed by atoms with Crippen molar-refractivity contribution in [1.82, 2.24) is 4.98 Å². The number of fused-ring (bicyclic) bond motifs is 1. The van der Waals surface area contributed by atoms with Gasteiger partial charge in [-0.15, -0.1) is 0 Å². The van der Waals surface area contributed by atoms with Crippen molar-refractivity contribution in [3.63, 3.8) is 0 Å². The second-order valence-corrected chi connectivity index (χ2v) is 12.7. The van der Waals surface area contributed by atoms with Gasteiger partial charge in [-0.25, -0.2) is 0 Å².